The summed E-state index contributed by atoms with van der Waals surface area (Å²) in [6, 6.07) is 84.7. The summed E-state index contributed by atoms with van der Waals surface area (Å²) in [4.78, 5) is 2.47. The number of benzene rings is 9. The maximum Gasteiger partial charge on any atom is 0.0714 e. The van der Waals surface area contributed by atoms with Crippen LogP contribution in [0, 0.1) is 0 Å². The summed E-state index contributed by atoms with van der Waals surface area (Å²) >= 11 is 0. The lowest BCUT2D eigenvalue weighted by Crippen LogP contribution is -2.29. The molecule has 0 aromatic heterocycles. The molecule has 2 aliphatic rings. The van der Waals surface area contributed by atoms with Crippen molar-refractivity contribution in [2.24, 2.45) is 0 Å². The first-order chi connectivity index (χ1) is 31.2. The highest BCUT2D eigenvalue weighted by Crippen LogP contribution is 2.59. The molecule has 0 saturated heterocycles. The van der Waals surface area contributed by atoms with E-state index in [1.165, 1.54) is 77.9 Å². The monoisotopic (exact) mass is 823 g/mol. The Morgan fingerprint density at radius 3 is 1.16 bits per heavy atom. The van der Waals surface area contributed by atoms with Crippen LogP contribution in [0.2, 0.25) is 0 Å². The molecule has 310 valence electrons. The maximum atomic E-state index is 2.49. The molecule has 0 radical (unpaired) electrons. The second kappa shape index (κ2) is 15.2. The summed E-state index contributed by atoms with van der Waals surface area (Å²) < 4.78 is 0. The molecule has 2 atom stereocenters. The van der Waals surface area contributed by atoms with Gasteiger partial charge in [0.2, 0.25) is 0 Å². The highest BCUT2D eigenvalue weighted by Gasteiger charge is 2.48. The van der Waals surface area contributed by atoms with Crippen molar-refractivity contribution in [3.05, 3.63) is 280 Å². The molecule has 9 aromatic rings. The highest BCUT2D eigenvalue weighted by atomic mass is 15.1. The van der Waals surface area contributed by atoms with E-state index in [0.717, 1.165) is 17.1 Å². The van der Waals surface area contributed by atoms with Gasteiger partial charge in [-0.2, -0.15) is 0 Å². The highest BCUT2D eigenvalue weighted by molar-refractivity contribution is 5.92. The molecule has 0 spiro atoms. The van der Waals surface area contributed by atoms with Crippen LogP contribution < -0.4 is 4.90 Å². The van der Waals surface area contributed by atoms with Crippen LogP contribution in [-0.4, -0.2) is 0 Å². The number of nitrogens with zero attached hydrogens (tertiary/aromatic N) is 1. The Bertz CT molecular complexity index is 3140. The Kier molecular flexibility index (Phi) is 9.44. The van der Waals surface area contributed by atoms with Crippen molar-refractivity contribution >= 4 is 17.1 Å². The van der Waals surface area contributed by atoms with E-state index in [0.29, 0.717) is 5.92 Å². The summed E-state index contributed by atoms with van der Waals surface area (Å²) in [6.07, 6.45) is 0. The number of para-hydroxylation sites is 1. The van der Waals surface area contributed by atoms with Gasteiger partial charge in [0.25, 0.3) is 0 Å². The van der Waals surface area contributed by atoms with Gasteiger partial charge in [-0.3, -0.25) is 0 Å². The zero-order valence-corrected chi connectivity index (χ0v) is 37.4. The van der Waals surface area contributed by atoms with Crippen molar-refractivity contribution in [1.82, 2.24) is 0 Å². The average molecular weight is 824 g/mol. The van der Waals surface area contributed by atoms with Gasteiger partial charge in [-0.25, -0.2) is 0 Å². The zero-order valence-electron chi connectivity index (χ0n) is 37.4. The zero-order chi connectivity index (χ0) is 43.6. The van der Waals surface area contributed by atoms with Crippen LogP contribution in [-0.2, 0) is 16.2 Å². The fraction of sp³-hybridized carbons (Fsp3) is 0.143. The van der Waals surface area contributed by atoms with Gasteiger partial charge in [-0.15, -0.1) is 0 Å². The first-order valence-corrected chi connectivity index (χ1v) is 22.9. The average Bonchev–Trinajstić information content (AvgIpc) is 3.80. The van der Waals surface area contributed by atoms with E-state index in [-0.39, 0.29) is 5.41 Å². The van der Waals surface area contributed by atoms with Gasteiger partial charge in [-0.1, -0.05) is 223 Å². The molecule has 2 aliphatic carbocycles. The molecular formula is C63H53N. The summed E-state index contributed by atoms with van der Waals surface area (Å²) in [5.74, 6) is 0.444. The molecule has 0 fully saturated rings. The summed E-state index contributed by atoms with van der Waals surface area (Å²) in [5, 5.41) is 0. The molecule has 11 rings (SSSR count). The summed E-state index contributed by atoms with van der Waals surface area (Å²) in [6.45, 7) is 11.4. The van der Waals surface area contributed by atoms with Crippen molar-refractivity contribution in [1.29, 1.82) is 0 Å². The number of hydrogen-bond donors (Lipinski definition) is 0. The Hall–Kier alpha value is -7.22. The molecule has 0 bridgehead atoms. The fourth-order valence-corrected chi connectivity index (χ4v) is 11.1. The molecule has 1 nitrogen and oxygen atoms in total. The van der Waals surface area contributed by atoms with Gasteiger partial charge in [0.05, 0.1) is 10.8 Å². The standard InChI is InChI=1S/C63H53N/c1-43(2)44-29-31-48(32-30-44)62(46-19-9-6-10-20-46)57-27-17-15-25-53(57)55-39-37-51(41-59(55)62)64(50-23-13-8-14-24-50)52-38-40-56-54-26-16-18-28-58(54)63(60(56)42-52,47-21-11-7-12-22-47)49-35-33-45(34-36-49)61(3,4)5/h6-43H,1-5H3. The van der Waals surface area contributed by atoms with Crippen LogP contribution in [0.4, 0.5) is 17.1 Å². The topological polar surface area (TPSA) is 3.24 Å². The van der Waals surface area contributed by atoms with E-state index in [4.69, 9.17) is 0 Å². The summed E-state index contributed by atoms with van der Waals surface area (Å²) in [5.41, 5.74) is 20.4. The van der Waals surface area contributed by atoms with Gasteiger partial charge in [0, 0.05) is 17.1 Å². The fourth-order valence-electron chi connectivity index (χ4n) is 11.1. The quantitative estimate of drug-likeness (QED) is 0.148. The van der Waals surface area contributed by atoms with E-state index < -0.39 is 10.8 Å². The van der Waals surface area contributed by atoms with Crippen molar-refractivity contribution in [2.75, 3.05) is 4.90 Å². The predicted octanol–water partition coefficient (Wildman–Crippen LogP) is 16.3. The molecule has 0 amide bonds. The lowest BCUT2D eigenvalue weighted by molar-refractivity contribution is 0.589. The first-order valence-electron chi connectivity index (χ1n) is 22.9. The third-order valence-electron chi connectivity index (χ3n) is 14.2. The maximum absolute atomic E-state index is 2.49. The second-order valence-electron chi connectivity index (χ2n) is 19.1. The van der Waals surface area contributed by atoms with Crippen LogP contribution in [0.3, 0.4) is 0 Å². The smallest absolute Gasteiger partial charge is 0.0714 e. The van der Waals surface area contributed by atoms with Crippen molar-refractivity contribution < 1.29 is 0 Å². The van der Waals surface area contributed by atoms with Gasteiger partial charge in [0.15, 0.2) is 0 Å². The Balaban J connectivity index is 1.17. The minimum absolute atomic E-state index is 0.0418. The molecular weight excluding hydrogens is 771 g/mol. The second-order valence-corrected chi connectivity index (χ2v) is 19.1. The van der Waals surface area contributed by atoms with Crippen molar-refractivity contribution in [3.63, 3.8) is 0 Å². The normalized spacial score (nSPS) is 17.1. The minimum Gasteiger partial charge on any atom is -0.310 e. The molecule has 1 heteroatoms. The molecule has 64 heavy (non-hydrogen) atoms. The number of hydrogen-bond acceptors (Lipinski definition) is 1. The molecule has 2 unspecified atom stereocenters. The third-order valence-corrected chi connectivity index (χ3v) is 14.2. The van der Waals surface area contributed by atoms with Crippen LogP contribution >= 0.6 is 0 Å². The predicted molar refractivity (Wildman–Crippen MR) is 269 cm³/mol. The van der Waals surface area contributed by atoms with Crippen LogP contribution in [0.15, 0.2) is 224 Å². The van der Waals surface area contributed by atoms with E-state index in [1.807, 2.05) is 0 Å². The van der Waals surface area contributed by atoms with E-state index >= 15 is 0 Å². The number of rotatable bonds is 8. The van der Waals surface area contributed by atoms with Crippen LogP contribution in [0.1, 0.15) is 96.2 Å². The Labute approximate surface area is 379 Å². The Morgan fingerprint density at radius 1 is 0.344 bits per heavy atom. The molecule has 0 saturated carbocycles. The van der Waals surface area contributed by atoms with Gasteiger partial charge in [-0.05, 0) is 126 Å². The van der Waals surface area contributed by atoms with E-state index in [1.54, 1.807) is 0 Å². The Morgan fingerprint density at radius 2 is 0.719 bits per heavy atom. The third kappa shape index (κ3) is 5.98. The summed E-state index contributed by atoms with van der Waals surface area (Å²) in [7, 11) is 0. The molecule has 9 aromatic carbocycles. The van der Waals surface area contributed by atoms with Gasteiger partial charge >= 0.3 is 0 Å². The van der Waals surface area contributed by atoms with E-state index in [2.05, 4.69) is 264 Å². The SMILES string of the molecule is CC(C)c1ccc(C2(c3ccccc3)c3ccccc3-c3ccc(N(c4ccccc4)c4ccc5c(c4)C(c4ccccc4)(c4ccc(C(C)(C)C)cc4)c4ccccc4-5)cc32)cc1. The molecule has 0 N–H and O–H groups in total. The first kappa shape index (κ1) is 39.6. The number of anilines is 3. The van der Waals surface area contributed by atoms with Gasteiger partial charge < -0.3 is 4.90 Å². The van der Waals surface area contributed by atoms with Crippen molar-refractivity contribution in [3.8, 4) is 22.3 Å². The van der Waals surface area contributed by atoms with Gasteiger partial charge in [0.1, 0.15) is 0 Å². The van der Waals surface area contributed by atoms with E-state index in [9.17, 15) is 0 Å². The molecule has 0 heterocycles. The lowest BCUT2D eigenvalue weighted by Gasteiger charge is -2.36. The lowest BCUT2D eigenvalue weighted by atomic mass is 9.67. The van der Waals surface area contributed by atoms with Crippen LogP contribution in [0.5, 0.6) is 0 Å². The van der Waals surface area contributed by atoms with Crippen LogP contribution in [0.25, 0.3) is 22.3 Å². The molecule has 0 aliphatic heterocycles. The van der Waals surface area contributed by atoms with Crippen molar-refractivity contribution in [2.45, 2.75) is 56.8 Å². The largest absolute Gasteiger partial charge is 0.310 e. The minimum atomic E-state index is -0.536. The number of fused-ring (bicyclic) bond motifs is 6.